The molecule has 160 valence electrons. The number of amidine groups is 2. The average Bonchev–Trinajstić information content (AvgIpc) is 3.39. The third kappa shape index (κ3) is 4.48. The molecule has 0 bridgehead atoms. The molecule has 2 aromatic carbocycles. The van der Waals surface area contributed by atoms with Gasteiger partial charge >= 0.3 is 0 Å². The van der Waals surface area contributed by atoms with Crippen LogP contribution in [0.1, 0.15) is 41.9 Å². The number of benzene rings is 2. The predicted octanol–water partition coefficient (Wildman–Crippen LogP) is 4.32. The fourth-order valence-corrected chi connectivity index (χ4v) is 3.65. The highest BCUT2D eigenvalue weighted by Crippen LogP contribution is 2.24. The van der Waals surface area contributed by atoms with E-state index in [2.05, 4.69) is 10.3 Å². The molecule has 0 saturated heterocycles. The Kier molecular flexibility index (Phi) is 5.79. The average molecular weight is 420 g/mol. The second-order valence-corrected chi connectivity index (χ2v) is 7.46. The van der Waals surface area contributed by atoms with Gasteiger partial charge in [0.2, 0.25) is 0 Å². The lowest BCUT2D eigenvalue weighted by Crippen LogP contribution is -2.12. The van der Waals surface area contributed by atoms with Crippen molar-refractivity contribution in [1.82, 2.24) is 0 Å². The summed E-state index contributed by atoms with van der Waals surface area (Å²) in [5, 5.41) is 25.6. The number of furan rings is 2. The molecule has 2 aromatic heterocycles. The van der Waals surface area contributed by atoms with Crippen molar-refractivity contribution in [2.45, 2.75) is 32.1 Å². The second-order valence-electron chi connectivity index (χ2n) is 7.46. The Morgan fingerprint density at radius 2 is 1.13 bits per heavy atom. The van der Waals surface area contributed by atoms with Crippen molar-refractivity contribution in [3.05, 3.63) is 71.2 Å². The van der Waals surface area contributed by atoms with Crippen LogP contribution in [0.4, 0.5) is 0 Å². The standard InChI is InChI=1S/C23H24N4O4/c24-22(26-28)14-6-8-20-16(10-14)12-18(30-20)4-2-1-3-5-19-13-17-11-15(23(25)27-29)7-9-21(17)31-19/h6-13,28-29H,1-5H2,(H2,24,26)(H2,25,27). The number of unbranched alkanes of at least 4 members (excludes halogenated alkanes) is 2. The molecule has 0 radical (unpaired) electrons. The summed E-state index contributed by atoms with van der Waals surface area (Å²) in [5.74, 6) is 2.00. The van der Waals surface area contributed by atoms with Gasteiger partial charge in [0.25, 0.3) is 0 Å². The zero-order chi connectivity index (χ0) is 21.8. The molecule has 2 heterocycles. The SMILES string of the molecule is NC(=NO)c1ccc2oc(CCCCCc3cc4cc(C(N)=NO)ccc4o3)cc2c1. The smallest absolute Gasteiger partial charge is 0.170 e. The van der Waals surface area contributed by atoms with Gasteiger partial charge in [0.05, 0.1) is 0 Å². The number of rotatable bonds is 8. The van der Waals surface area contributed by atoms with Crippen LogP contribution >= 0.6 is 0 Å². The number of hydrogen-bond donors (Lipinski definition) is 4. The number of nitrogens with two attached hydrogens (primary N) is 2. The van der Waals surface area contributed by atoms with Crippen LogP contribution in [0.5, 0.6) is 0 Å². The monoisotopic (exact) mass is 420 g/mol. The Morgan fingerprint density at radius 3 is 1.55 bits per heavy atom. The largest absolute Gasteiger partial charge is 0.461 e. The number of oxime groups is 2. The molecule has 6 N–H and O–H groups in total. The first-order chi connectivity index (χ1) is 15.1. The maximum atomic E-state index is 8.81. The Labute approximate surface area is 178 Å². The van der Waals surface area contributed by atoms with Gasteiger partial charge in [-0.25, -0.2) is 0 Å². The van der Waals surface area contributed by atoms with Crippen molar-refractivity contribution < 1.29 is 19.2 Å². The Morgan fingerprint density at radius 1 is 0.677 bits per heavy atom. The highest BCUT2D eigenvalue weighted by Gasteiger charge is 2.09. The normalized spacial score (nSPS) is 12.8. The van der Waals surface area contributed by atoms with Crippen LogP contribution in [0, 0.1) is 0 Å². The van der Waals surface area contributed by atoms with Crippen LogP contribution in [-0.2, 0) is 12.8 Å². The van der Waals surface area contributed by atoms with E-state index >= 15 is 0 Å². The molecule has 8 nitrogen and oxygen atoms in total. The fraction of sp³-hybridized carbons (Fsp3) is 0.217. The van der Waals surface area contributed by atoms with E-state index in [-0.39, 0.29) is 11.7 Å². The van der Waals surface area contributed by atoms with Gasteiger partial charge in [0.15, 0.2) is 11.7 Å². The number of nitrogens with zero attached hydrogens (tertiary/aromatic N) is 2. The molecule has 8 heteroatoms. The first kappa shape index (κ1) is 20.3. The van der Waals surface area contributed by atoms with Crippen LogP contribution in [0.15, 0.2) is 67.7 Å². The van der Waals surface area contributed by atoms with E-state index in [0.29, 0.717) is 11.1 Å². The van der Waals surface area contributed by atoms with Gasteiger partial charge < -0.3 is 30.7 Å². The summed E-state index contributed by atoms with van der Waals surface area (Å²) < 4.78 is 11.8. The van der Waals surface area contributed by atoms with E-state index < -0.39 is 0 Å². The van der Waals surface area contributed by atoms with Crippen LogP contribution in [0.2, 0.25) is 0 Å². The highest BCUT2D eigenvalue weighted by atomic mass is 16.4. The quantitative estimate of drug-likeness (QED) is 0.110. The van der Waals surface area contributed by atoms with Crippen LogP contribution in [0.3, 0.4) is 0 Å². The third-order valence-corrected chi connectivity index (χ3v) is 5.29. The maximum absolute atomic E-state index is 8.81. The first-order valence-electron chi connectivity index (χ1n) is 10.1. The lowest BCUT2D eigenvalue weighted by molar-refractivity contribution is 0.318. The zero-order valence-corrected chi connectivity index (χ0v) is 16.9. The molecule has 0 saturated carbocycles. The molecule has 31 heavy (non-hydrogen) atoms. The molecule has 0 aliphatic heterocycles. The second kappa shape index (κ2) is 8.83. The van der Waals surface area contributed by atoms with Crippen LogP contribution < -0.4 is 11.5 Å². The third-order valence-electron chi connectivity index (χ3n) is 5.29. The van der Waals surface area contributed by atoms with E-state index in [1.54, 1.807) is 12.1 Å². The predicted molar refractivity (Wildman–Crippen MR) is 119 cm³/mol. The molecule has 4 rings (SSSR count). The molecule has 0 unspecified atom stereocenters. The summed E-state index contributed by atoms with van der Waals surface area (Å²) in [4.78, 5) is 0. The summed E-state index contributed by atoms with van der Waals surface area (Å²) in [5.41, 5.74) is 14.2. The lowest BCUT2D eigenvalue weighted by atomic mass is 10.1. The Hall–Kier alpha value is -3.94. The van der Waals surface area contributed by atoms with E-state index in [4.69, 9.17) is 30.7 Å². The molecule has 4 aromatic rings. The first-order valence-corrected chi connectivity index (χ1v) is 10.1. The number of hydrogen-bond acceptors (Lipinski definition) is 6. The molecule has 0 amide bonds. The zero-order valence-electron chi connectivity index (χ0n) is 16.9. The molecule has 0 aliphatic rings. The molecular formula is C23H24N4O4. The lowest BCUT2D eigenvalue weighted by Gasteiger charge is -1.98. The summed E-state index contributed by atoms with van der Waals surface area (Å²) in [6.45, 7) is 0. The highest BCUT2D eigenvalue weighted by molar-refractivity contribution is 6.00. The Bertz CT molecular complexity index is 1170. The van der Waals surface area contributed by atoms with Gasteiger partial charge in [0.1, 0.15) is 22.7 Å². The topological polar surface area (TPSA) is 144 Å². The van der Waals surface area contributed by atoms with Crippen LogP contribution in [-0.4, -0.2) is 22.1 Å². The minimum Gasteiger partial charge on any atom is -0.461 e. The summed E-state index contributed by atoms with van der Waals surface area (Å²) in [7, 11) is 0. The van der Waals surface area contributed by atoms with Gasteiger partial charge in [0, 0.05) is 34.7 Å². The van der Waals surface area contributed by atoms with Crippen molar-refractivity contribution in [3.8, 4) is 0 Å². The van der Waals surface area contributed by atoms with Crippen molar-refractivity contribution in [1.29, 1.82) is 0 Å². The molecule has 0 atom stereocenters. The van der Waals surface area contributed by atoms with E-state index in [1.807, 2.05) is 36.4 Å². The van der Waals surface area contributed by atoms with E-state index in [1.165, 1.54) is 0 Å². The van der Waals surface area contributed by atoms with Crippen molar-refractivity contribution in [3.63, 3.8) is 0 Å². The maximum Gasteiger partial charge on any atom is 0.170 e. The molecule has 0 fully saturated rings. The molecule has 0 aliphatic carbocycles. The van der Waals surface area contributed by atoms with Crippen LogP contribution in [0.25, 0.3) is 21.9 Å². The van der Waals surface area contributed by atoms with Gasteiger partial charge in [-0.05, 0) is 61.4 Å². The number of aryl methyl sites for hydroxylation is 2. The minimum absolute atomic E-state index is 0.0801. The number of fused-ring (bicyclic) bond motifs is 2. The molecule has 0 spiro atoms. The van der Waals surface area contributed by atoms with Crippen molar-refractivity contribution >= 4 is 33.6 Å². The summed E-state index contributed by atoms with van der Waals surface area (Å²) in [6.07, 6.45) is 4.73. The van der Waals surface area contributed by atoms with E-state index in [9.17, 15) is 0 Å². The fourth-order valence-electron chi connectivity index (χ4n) is 3.65. The molecular weight excluding hydrogens is 396 g/mol. The van der Waals surface area contributed by atoms with Gasteiger partial charge in [-0.3, -0.25) is 0 Å². The Balaban J connectivity index is 1.30. The van der Waals surface area contributed by atoms with Crippen molar-refractivity contribution in [2.24, 2.45) is 21.8 Å². The van der Waals surface area contributed by atoms with E-state index in [0.717, 1.165) is 65.6 Å². The summed E-state index contributed by atoms with van der Waals surface area (Å²) in [6, 6.07) is 14.9. The van der Waals surface area contributed by atoms with Gasteiger partial charge in [-0.1, -0.05) is 16.7 Å². The minimum atomic E-state index is 0.0801. The van der Waals surface area contributed by atoms with Gasteiger partial charge in [-0.15, -0.1) is 0 Å². The summed E-state index contributed by atoms with van der Waals surface area (Å²) >= 11 is 0. The van der Waals surface area contributed by atoms with Gasteiger partial charge in [-0.2, -0.15) is 0 Å². The van der Waals surface area contributed by atoms with Crippen molar-refractivity contribution in [2.75, 3.05) is 0 Å².